The van der Waals surface area contributed by atoms with E-state index < -0.39 is 15.9 Å². The number of carbonyl (C=O) groups is 1. The molecule has 0 bridgehead atoms. The van der Waals surface area contributed by atoms with Crippen molar-refractivity contribution >= 4 is 16.0 Å². The maximum absolute atomic E-state index is 11.4. The van der Waals surface area contributed by atoms with E-state index in [0.717, 1.165) is 19.4 Å². The number of nitrogens with one attached hydrogen (secondary N) is 2. The van der Waals surface area contributed by atoms with E-state index in [0.29, 0.717) is 6.54 Å². The van der Waals surface area contributed by atoms with Crippen LogP contribution in [-0.2, 0) is 14.9 Å². The average molecular weight is 258 g/mol. The smallest absolute Gasteiger partial charge is 0.748 e. The van der Waals surface area contributed by atoms with Gasteiger partial charge in [0.05, 0.1) is 21.8 Å². The first-order valence-electron chi connectivity index (χ1n) is 4.91. The molecule has 0 aromatic carbocycles. The van der Waals surface area contributed by atoms with Crippen molar-refractivity contribution in [3.8, 4) is 0 Å². The second-order valence-electron chi connectivity index (χ2n) is 3.60. The summed E-state index contributed by atoms with van der Waals surface area (Å²) in [4.78, 5) is 11.4. The summed E-state index contributed by atoms with van der Waals surface area (Å²) in [6, 6.07) is 0. The first-order chi connectivity index (χ1) is 6.99. The molecule has 1 aliphatic heterocycles. The molecule has 0 aromatic rings. The van der Waals surface area contributed by atoms with Crippen LogP contribution in [0.1, 0.15) is 12.8 Å². The fourth-order valence-electron chi connectivity index (χ4n) is 1.52. The number of hydrogen-bond acceptors (Lipinski definition) is 5. The molecule has 1 rings (SSSR count). The molecule has 8 heteroatoms. The molecule has 2 N–H and O–H groups in total. The Bertz CT molecular complexity index is 314. The summed E-state index contributed by atoms with van der Waals surface area (Å²) in [5, 5.41) is 5.53. The van der Waals surface area contributed by atoms with Crippen LogP contribution in [0.2, 0.25) is 0 Å². The first-order valence-corrected chi connectivity index (χ1v) is 6.49. The minimum absolute atomic E-state index is 0. The Hall–Kier alpha value is 0.340. The molecule has 1 amide bonds. The van der Waals surface area contributed by atoms with E-state index in [9.17, 15) is 17.8 Å². The Balaban J connectivity index is 0.00000225. The molecule has 1 fully saturated rings. The van der Waals surface area contributed by atoms with Crippen LogP contribution in [0.25, 0.3) is 0 Å². The number of hydrogen-bond donors (Lipinski definition) is 2. The van der Waals surface area contributed by atoms with Crippen LogP contribution in [0.3, 0.4) is 0 Å². The van der Waals surface area contributed by atoms with E-state index in [4.69, 9.17) is 0 Å². The van der Waals surface area contributed by atoms with Gasteiger partial charge in [0.1, 0.15) is 0 Å². The van der Waals surface area contributed by atoms with E-state index >= 15 is 0 Å². The molecule has 16 heavy (non-hydrogen) atoms. The Morgan fingerprint density at radius 1 is 1.50 bits per heavy atom. The van der Waals surface area contributed by atoms with Crippen molar-refractivity contribution in [2.24, 2.45) is 5.92 Å². The van der Waals surface area contributed by atoms with E-state index in [1.54, 1.807) is 0 Å². The Kier molecular flexibility index (Phi) is 7.79. The van der Waals surface area contributed by atoms with Crippen LogP contribution in [0.5, 0.6) is 0 Å². The molecule has 0 radical (unpaired) electrons. The largest absolute Gasteiger partial charge is 1.00 e. The van der Waals surface area contributed by atoms with Gasteiger partial charge in [0.2, 0.25) is 5.91 Å². The fourth-order valence-corrected chi connectivity index (χ4v) is 1.87. The second-order valence-corrected chi connectivity index (χ2v) is 5.12. The molecule has 0 aromatic heterocycles. The molecule has 1 aliphatic rings. The van der Waals surface area contributed by atoms with Gasteiger partial charge in [0, 0.05) is 13.1 Å². The molecule has 88 valence electrons. The summed E-state index contributed by atoms with van der Waals surface area (Å²) in [6.45, 7) is 1.44. The number of piperidine rings is 1. The predicted molar refractivity (Wildman–Crippen MR) is 53.2 cm³/mol. The molecule has 0 saturated carbocycles. The van der Waals surface area contributed by atoms with Crippen molar-refractivity contribution in [3.05, 3.63) is 0 Å². The predicted octanol–water partition coefficient (Wildman–Crippen LogP) is -4.35. The normalized spacial score (nSPS) is 20.9. The van der Waals surface area contributed by atoms with Crippen LogP contribution < -0.4 is 40.2 Å². The van der Waals surface area contributed by atoms with Crippen LogP contribution in [-0.4, -0.2) is 44.3 Å². The zero-order chi connectivity index (χ0) is 11.3. The van der Waals surface area contributed by atoms with Gasteiger partial charge in [-0.25, -0.2) is 8.42 Å². The van der Waals surface area contributed by atoms with E-state index in [-0.39, 0.29) is 47.9 Å². The molecule has 1 atom stereocenters. The summed E-state index contributed by atoms with van der Waals surface area (Å²) < 4.78 is 30.8. The van der Waals surface area contributed by atoms with Crippen LogP contribution in [0, 0.1) is 5.92 Å². The monoisotopic (exact) mass is 258 g/mol. The Labute approximate surface area is 118 Å². The van der Waals surface area contributed by atoms with Gasteiger partial charge in [-0.15, -0.1) is 0 Å². The molecular formula is C8H15N2NaO4S. The zero-order valence-corrected chi connectivity index (χ0v) is 12.2. The third kappa shape index (κ3) is 6.82. The maximum Gasteiger partial charge on any atom is 1.00 e. The van der Waals surface area contributed by atoms with Crippen molar-refractivity contribution in [2.45, 2.75) is 12.8 Å². The van der Waals surface area contributed by atoms with Gasteiger partial charge in [-0.3, -0.25) is 4.79 Å². The van der Waals surface area contributed by atoms with Gasteiger partial charge < -0.3 is 15.2 Å². The van der Waals surface area contributed by atoms with Gasteiger partial charge in [0.15, 0.2) is 0 Å². The summed E-state index contributed by atoms with van der Waals surface area (Å²) in [7, 11) is -4.23. The van der Waals surface area contributed by atoms with Crippen molar-refractivity contribution in [3.63, 3.8) is 0 Å². The van der Waals surface area contributed by atoms with Crippen molar-refractivity contribution < 1.29 is 47.3 Å². The second kappa shape index (κ2) is 7.62. The summed E-state index contributed by atoms with van der Waals surface area (Å²) in [6.07, 6.45) is 1.75. The summed E-state index contributed by atoms with van der Waals surface area (Å²) >= 11 is 0. The molecular weight excluding hydrogens is 243 g/mol. The third-order valence-corrected chi connectivity index (χ3v) is 3.02. The van der Waals surface area contributed by atoms with E-state index in [1.807, 2.05) is 0 Å². The van der Waals surface area contributed by atoms with Gasteiger partial charge in [-0.1, -0.05) is 0 Å². The van der Waals surface area contributed by atoms with E-state index in [1.165, 1.54) is 0 Å². The van der Waals surface area contributed by atoms with Gasteiger partial charge in [0.25, 0.3) is 0 Å². The molecule has 6 nitrogen and oxygen atoms in total. The zero-order valence-electron chi connectivity index (χ0n) is 9.36. The molecule has 1 unspecified atom stereocenters. The molecule has 0 aliphatic carbocycles. The number of rotatable bonds is 4. The minimum atomic E-state index is -4.23. The Morgan fingerprint density at radius 3 is 2.69 bits per heavy atom. The minimum Gasteiger partial charge on any atom is -0.748 e. The Morgan fingerprint density at radius 2 is 2.19 bits per heavy atom. The van der Waals surface area contributed by atoms with Gasteiger partial charge in [-0.2, -0.15) is 0 Å². The van der Waals surface area contributed by atoms with Crippen LogP contribution >= 0.6 is 0 Å². The third-order valence-electron chi connectivity index (χ3n) is 2.32. The van der Waals surface area contributed by atoms with Crippen molar-refractivity contribution in [1.29, 1.82) is 0 Å². The molecule has 1 saturated heterocycles. The first kappa shape index (κ1) is 16.3. The maximum atomic E-state index is 11.4. The van der Waals surface area contributed by atoms with Crippen LogP contribution in [0.4, 0.5) is 0 Å². The van der Waals surface area contributed by atoms with E-state index in [2.05, 4.69) is 10.6 Å². The average Bonchev–Trinajstić information content (AvgIpc) is 2.17. The summed E-state index contributed by atoms with van der Waals surface area (Å²) in [5.74, 6) is -0.822. The summed E-state index contributed by atoms with van der Waals surface area (Å²) in [5.41, 5.74) is 0. The number of carbonyl (C=O) groups excluding carboxylic acids is 1. The molecule has 1 heterocycles. The SMILES string of the molecule is O=C(NCCS(=O)(=O)[O-])C1CCCNC1.[Na+]. The van der Waals surface area contributed by atoms with Gasteiger partial charge >= 0.3 is 29.6 Å². The quantitative estimate of drug-likeness (QED) is 0.392. The van der Waals surface area contributed by atoms with Gasteiger partial charge in [-0.05, 0) is 19.4 Å². The van der Waals surface area contributed by atoms with Crippen molar-refractivity contribution in [2.75, 3.05) is 25.4 Å². The topological polar surface area (TPSA) is 98.3 Å². The molecule has 0 spiro atoms. The fraction of sp³-hybridized carbons (Fsp3) is 0.875. The van der Waals surface area contributed by atoms with Crippen molar-refractivity contribution in [1.82, 2.24) is 10.6 Å². The van der Waals surface area contributed by atoms with Crippen LogP contribution in [0.15, 0.2) is 0 Å². The standard InChI is InChI=1S/C8H16N2O4S.Na/c11-8(7-2-1-3-9-6-7)10-4-5-15(12,13)14;/h7,9H,1-6H2,(H,10,11)(H,12,13,14);/q;+1/p-1. The number of amides is 1.